The quantitative estimate of drug-likeness (QED) is 0.711. The number of nitrogens with zero attached hydrogens (tertiary/aromatic N) is 4. The van der Waals surface area contributed by atoms with E-state index in [1.165, 1.54) is 0 Å². The molecule has 0 aromatic heterocycles. The van der Waals surface area contributed by atoms with Gasteiger partial charge in [-0.2, -0.15) is 5.26 Å². The van der Waals surface area contributed by atoms with E-state index in [2.05, 4.69) is 21.2 Å². The fraction of sp³-hybridized carbons (Fsp3) is 0.458. The molecule has 8 heteroatoms. The zero-order valence-electron chi connectivity index (χ0n) is 18.1. The predicted octanol–water partition coefficient (Wildman–Crippen LogP) is 0.850. The van der Waals surface area contributed by atoms with Crippen molar-refractivity contribution in [3.8, 4) is 6.07 Å². The number of hydrogen-bond acceptors (Lipinski definition) is 6. The molecule has 1 aromatic carbocycles. The number of amides is 2. The lowest BCUT2D eigenvalue weighted by atomic mass is 10.1. The highest BCUT2D eigenvalue weighted by atomic mass is 16.3. The van der Waals surface area contributed by atoms with Crippen LogP contribution in [-0.4, -0.2) is 78.6 Å². The lowest BCUT2D eigenvalue weighted by molar-refractivity contribution is -0.133. The second-order valence-corrected chi connectivity index (χ2v) is 8.53. The first-order valence-corrected chi connectivity index (χ1v) is 11.1. The topological polar surface area (TPSA) is 99.9 Å². The minimum Gasteiger partial charge on any atom is -0.389 e. The van der Waals surface area contributed by atoms with Gasteiger partial charge in [0.2, 0.25) is 11.8 Å². The standard InChI is InChI=1S/C24H29N5O3/c25-15-18-3-1-2-4-22(18)28-11-13-29(14-12-28)23(31)17-27-10-9-19(16-27)24(32)26-20-5-7-21(30)8-6-20/h1-7,19,21,30H,8-14,16-17H2,(H,26,32). The van der Waals surface area contributed by atoms with Gasteiger partial charge < -0.3 is 20.2 Å². The number of piperazine rings is 1. The number of allylic oxidation sites excluding steroid dienone is 1. The highest BCUT2D eigenvalue weighted by Crippen LogP contribution is 2.22. The maximum Gasteiger partial charge on any atom is 0.236 e. The van der Waals surface area contributed by atoms with Gasteiger partial charge in [0.15, 0.2) is 0 Å². The third-order valence-corrected chi connectivity index (χ3v) is 6.34. The third-order valence-electron chi connectivity index (χ3n) is 6.34. The van der Waals surface area contributed by atoms with E-state index in [0.29, 0.717) is 51.3 Å². The molecule has 0 radical (unpaired) electrons. The summed E-state index contributed by atoms with van der Waals surface area (Å²) in [6, 6.07) is 9.79. The molecule has 32 heavy (non-hydrogen) atoms. The van der Waals surface area contributed by atoms with Crippen molar-refractivity contribution in [1.82, 2.24) is 15.1 Å². The molecule has 4 rings (SSSR count). The van der Waals surface area contributed by atoms with Crippen LogP contribution in [0.3, 0.4) is 0 Å². The molecular weight excluding hydrogens is 406 g/mol. The minimum atomic E-state index is -0.480. The van der Waals surface area contributed by atoms with Crippen LogP contribution in [0.4, 0.5) is 5.69 Å². The number of carbonyl (C=O) groups is 2. The predicted molar refractivity (Wildman–Crippen MR) is 120 cm³/mol. The first kappa shape index (κ1) is 22.1. The molecule has 3 aliphatic rings. The van der Waals surface area contributed by atoms with E-state index < -0.39 is 6.10 Å². The molecule has 2 N–H and O–H groups in total. The van der Waals surface area contributed by atoms with Gasteiger partial charge in [-0.15, -0.1) is 0 Å². The van der Waals surface area contributed by atoms with E-state index in [-0.39, 0.29) is 17.7 Å². The van der Waals surface area contributed by atoms with E-state index in [1.54, 1.807) is 12.2 Å². The zero-order valence-corrected chi connectivity index (χ0v) is 18.1. The molecule has 2 aliphatic heterocycles. The van der Waals surface area contributed by atoms with Crippen LogP contribution in [-0.2, 0) is 9.59 Å². The number of aliphatic hydroxyl groups excluding tert-OH is 1. The van der Waals surface area contributed by atoms with E-state index >= 15 is 0 Å². The normalized spacial score (nSPS) is 23.6. The van der Waals surface area contributed by atoms with Crippen LogP contribution < -0.4 is 10.2 Å². The van der Waals surface area contributed by atoms with Gasteiger partial charge in [0.05, 0.1) is 29.8 Å². The van der Waals surface area contributed by atoms with Gasteiger partial charge in [0.25, 0.3) is 0 Å². The molecule has 8 nitrogen and oxygen atoms in total. The van der Waals surface area contributed by atoms with Crippen molar-refractivity contribution in [3.63, 3.8) is 0 Å². The zero-order chi connectivity index (χ0) is 22.5. The number of hydrogen-bond donors (Lipinski definition) is 2. The number of nitriles is 1. The van der Waals surface area contributed by atoms with Gasteiger partial charge in [0, 0.05) is 38.4 Å². The van der Waals surface area contributed by atoms with Crippen LogP contribution >= 0.6 is 0 Å². The molecule has 2 heterocycles. The summed E-state index contributed by atoms with van der Waals surface area (Å²) in [5.41, 5.74) is 2.31. The summed E-state index contributed by atoms with van der Waals surface area (Å²) < 4.78 is 0. The van der Waals surface area contributed by atoms with Crippen molar-refractivity contribution in [2.24, 2.45) is 5.92 Å². The van der Waals surface area contributed by atoms with Crippen molar-refractivity contribution in [1.29, 1.82) is 5.26 Å². The molecule has 0 bridgehead atoms. The Kier molecular flexibility index (Phi) is 6.88. The van der Waals surface area contributed by atoms with Crippen LogP contribution in [0.25, 0.3) is 0 Å². The number of aliphatic hydroxyl groups is 1. The second-order valence-electron chi connectivity index (χ2n) is 8.53. The van der Waals surface area contributed by atoms with Crippen molar-refractivity contribution in [3.05, 3.63) is 53.8 Å². The Morgan fingerprint density at radius 2 is 1.94 bits per heavy atom. The number of rotatable bonds is 5. The van der Waals surface area contributed by atoms with Gasteiger partial charge >= 0.3 is 0 Å². The Morgan fingerprint density at radius 3 is 2.66 bits per heavy atom. The van der Waals surface area contributed by atoms with Crippen molar-refractivity contribution in [2.75, 3.05) is 50.7 Å². The van der Waals surface area contributed by atoms with Crippen LogP contribution in [0.2, 0.25) is 0 Å². The number of anilines is 1. The average Bonchev–Trinajstić information content (AvgIpc) is 3.29. The van der Waals surface area contributed by atoms with Gasteiger partial charge in [-0.3, -0.25) is 14.5 Å². The molecule has 2 saturated heterocycles. The molecule has 2 unspecified atom stereocenters. The minimum absolute atomic E-state index is 0.0305. The van der Waals surface area contributed by atoms with Gasteiger partial charge in [-0.25, -0.2) is 0 Å². The van der Waals surface area contributed by atoms with Gasteiger partial charge in [-0.1, -0.05) is 24.3 Å². The maximum absolute atomic E-state index is 12.8. The molecule has 2 fully saturated rings. The Balaban J connectivity index is 1.23. The van der Waals surface area contributed by atoms with Gasteiger partial charge in [-0.05, 0) is 37.6 Å². The van der Waals surface area contributed by atoms with E-state index in [1.807, 2.05) is 35.2 Å². The van der Waals surface area contributed by atoms with Crippen LogP contribution in [0.1, 0.15) is 18.4 Å². The molecular formula is C24H29N5O3. The fourth-order valence-corrected chi connectivity index (χ4v) is 4.47. The first-order chi connectivity index (χ1) is 15.5. The number of likely N-dealkylation sites (tertiary alicyclic amines) is 1. The Labute approximate surface area is 188 Å². The number of benzene rings is 1. The molecule has 2 amide bonds. The van der Waals surface area contributed by atoms with E-state index in [0.717, 1.165) is 24.4 Å². The number of carbonyl (C=O) groups excluding carboxylic acids is 2. The lowest BCUT2D eigenvalue weighted by Crippen LogP contribution is -2.51. The van der Waals surface area contributed by atoms with Crippen LogP contribution in [0.15, 0.2) is 48.2 Å². The monoisotopic (exact) mass is 435 g/mol. The summed E-state index contributed by atoms with van der Waals surface area (Å²) in [6.07, 6.45) is 5.99. The van der Waals surface area contributed by atoms with E-state index in [4.69, 9.17) is 0 Å². The Hall–Kier alpha value is -3.15. The first-order valence-electron chi connectivity index (χ1n) is 11.1. The summed E-state index contributed by atoms with van der Waals surface area (Å²) >= 11 is 0. The van der Waals surface area contributed by atoms with Crippen molar-refractivity contribution >= 4 is 17.5 Å². The Morgan fingerprint density at radius 1 is 1.16 bits per heavy atom. The third kappa shape index (κ3) is 5.18. The summed E-state index contributed by atoms with van der Waals surface area (Å²) in [5.74, 6) is -0.0773. The summed E-state index contributed by atoms with van der Waals surface area (Å²) in [5, 5.41) is 21.7. The Bertz CT molecular complexity index is 959. The highest BCUT2D eigenvalue weighted by Gasteiger charge is 2.31. The molecule has 2 atom stereocenters. The average molecular weight is 436 g/mol. The molecule has 1 aromatic rings. The lowest BCUT2D eigenvalue weighted by Gasteiger charge is -2.37. The van der Waals surface area contributed by atoms with Crippen LogP contribution in [0.5, 0.6) is 0 Å². The van der Waals surface area contributed by atoms with Crippen LogP contribution in [0, 0.1) is 17.2 Å². The number of nitrogens with one attached hydrogen (secondary N) is 1. The molecule has 0 spiro atoms. The SMILES string of the molecule is N#Cc1ccccc1N1CCN(C(=O)CN2CCC(C(=O)NC3=CCC(O)C=C3)C2)CC1. The number of para-hydroxylation sites is 1. The van der Waals surface area contributed by atoms with E-state index in [9.17, 15) is 20.0 Å². The molecule has 1 aliphatic carbocycles. The van der Waals surface area contributed by atoms with Crippen molar-refractivity contribution < 1.29 is 14.7 Å². The second kappa shape index (κ2) is 9.98. The fourth-order valence-electron chi connectivity index (χ4n) is 4.47. The largest absolute Gasteiger partial charge is 0.389 e. The summed E-state index contributed by atoms with van der Waals surface area (Å²) in [4.78, 5) is 31.5. The smallest absolute Gasteiger partial charge is 0.236 e. The summed E-state index contributed by atoms with van der Waals surface area (Å²) in [7, 11) is 0. The van der Waals surface area contributed by atoms with Gasteiger partial charge in [0.1, 0.15) is 6.07 Å². The summed E-state index contributed by atoms with van der Waals surface area (Å²) in [6.45, 7) is 4.29. The maximum atomic E-state index is 12.8. The van der Waals surface area contributed by atoms with Crippen molar-refractivity contribution in [2.45, 2.75) is 18.9 Å². The highest BCUT2D eigenvalue weighted by molar-refractivity contribution is 5.82. The molecule has 168 valence electrons. The molecule has 0 saturated carbocycles.